The summed E-state index contributed by atoms with van der Waals surface area (Å²) in [4.78, 5) is 148. The number of nitrogens with two attached hydrogens (primary N) is 1. The summed E-state index contributed by atoms with van der Waals surface area (Å²) in [6, 6.07) is 10.8. The Morgan fingerprint density at radius 2 is 0.879 bits per heavy atom. The third kappa shape index (κ3) is 17.6. The molecule has 2 heterocycles. The zero-order valence-electron chi connectivity index (χ0n) is 56.0. The maximum atomic E-state index is 15.1. The maximum absolute atomic E-state index is 15.1. The number of nitrogens with zero attached hydrogens (tertiary/aromatic N) is 4. The Balaban J connectivity index is 1.12. The van der Waals surface area contributed by atoms with Crippen molar-refractivity contribution in [3.05, 3.63) is 100 Å². The Hall–Kier alpha value is -8.24. The molecule has 23 heteroatoms. The lowest BCUT2D eigenvalue weighted by Gasteiger charge is -2.37. The van der Waals surface area contributed by atoms with Crippen molar-refractivity contribution < 1.29 is 57.4 Å². The van der Waals surface area contributed by atoms with Crippen molar-refractivity contribution in [1.82, 2.24) is 51.5 Å². The van der Waals surface area contributed by atoms with Gasteiger partial charge in [-0.3, -0.25) is 48.2 Å². The van der Waals surface area contributed by atoms with Crippen LogP contribution in [0.15, 0.2) is 66.7 Å². The molecule has 91 heavy (non-hydrogen) atoms. The third-order valence-electron chi connectivity index (χ3n) is 17.4. The molecule has 0 bridgehead atoms. The lowest BCUT2D eigenvalue weighted by Crippen LogP contribution is -2.60. The fraction of sp³-hybridized carbons (Fsp3) is 0.588. The highest BCUT2D eigenvalue weighted by Gasteiger charge is 2.49. The molecule has 10 amide bonds. The average molecular weight is 1260 g/mol. The minimum absolute atomic E-state index is 0.0128. The normalized spacial score (nSPS) is 21.2. The second kappa shape index (κ2) is 28.1. The molecule has 0 aromatic heterocycles. The summed E-state index contributed by atoms with van der Waals surface area (Å²) in [5, 5.41) is 18.1. The van der Waals surface area contributed by atoms with Crippen LogP contribution in [-0.4, -0.2) is 166 Å². The summed E-state index contributed by atoms with van der Waals surface area (Å²) in [5.41, 5.74) is 7.14. The van der Waals surface area contributed by atoms with Crippen molar-refractivity contribution in [2.24, 2.45) is 10.8 Å². The number of carbonyl (C=O) groups excluding carboxylic acids is 10. The molecular weight excluding hydrogens is 1160 g/mol. The van der Waals surface area contributed by atoms with Crippen LogP contribution >= 0.6 is 0 Å². The number of carbonyl (C=O) groups is 10. The van der Waals surface area contributed by atoms with E-state index in [0.29, 0.717) is 12.8 Å². The van der Waals surface area contributed by atoms with Crippen molar-refractivity contribution in [3.63, 3.8) is 0 Å². The molecule has 0 radical (unpaired) electrons. The van der Waals surface area contributed by atoms with E-state index in [4.69, 9.17) is 15.2 Å². The van der Waals surface area contributed by atoms with E-state index in [9.17, 15) is 38.4 Å². The second-order valence-corrected chi connectivity index (χ2v) is 29.1. The quantitative estimate of drug-likeness (QED) is 0.0742. The molecule has 2 aliphatic heterocycles. The number of hydrogen-bond acceptors (Lipinski definition) is 13. The van der Waals surface area contributed by atoms with Crippen molar-refractivity contribution in [2.45, 2.75) is 220 Å². The zero-order chi connectivity index (χ0) is 67.4. The molecule has 4 aliphatic rings. The zero-order valence-corrected chi connectivity index (χ0v) is 56.0. The van der Waals surface area contributed by atoms with Crippen LogP contribution in [0.25, 0.3) is 0 Å². The van der Waals surface area contributed by atoms with Gasteiger partial charge in [0.05, 0.1) is 12.1 Å². The Morgan fingerprint density at radius 1 is 0.527 bits per heavy atom. The van der Waals surface area contributed by atoms with E-state index >= 15 is 9.59 Å². The Morgan fingerprint density at radius 3 is 1.22 bits per heavy atom. The van der Waals surface area contributed by atoms with Crippen molar-refractivity contribution in [1.29, 1.82) is 0 Å². The molecule has 496 valence electrons. The first kappa shape index (κ1) is 70.2. The van der Waals surface area contributed by atoms with Gasteiger partial charge in [-0.25, -0.2) is 9.59 Å². The number of anilines is 1. The van der Waals surface area contributed by atoms with Crippen LogP contribution < -0.4 is 37.6 Å². The lowest BCUT2D eigenvalue weighted by molar-refractivity contribution is -0.144. The molecule has 0 spiro atoms. The van der Waals surface area contributed by atoms with E-state index in [0.717, 1.165) is 57.7 Å². The van der Waals surface area contributed by atoms with Gasteiger partial charge >= 0.3 is 12.2 Å². The first-order chi connectivity index (χ1) is 42.3. The molecule has 2 fully saturated rings. The molecular formula is C68H97N11O12. The predicted molar refractivity (Wildman–Crippen MR) is 344 cm³/mol. The minimum Gasteiger partial charge on any atom is -0.444 e. The highest BCUT2D eigenvalue weighted by atomic mass is 16.6. The van der Waals surface area contributed by atoms with E-state index in [2.05, 4.69) is 31.9 Å². The number of aryl methyl sites for hydroxylation is 2. The van der Waals surface area contributed by atoms with Crippen LogP contribution in [0.5, 0.6) is 0 Å². The number of nitrogen functional groups attached to an aromatic ring is 1. The topological polar surface area (TPSA) is 300 Å². The average Bonchev–Trinajstić information content (AvgIpc) is 1.74. The van der Waals surface area contributed by atoms with Gasteiger partial charge in [0.25, 0.3) is 11.8 Å². The SMILES string of the molecule is C[C@@H](C(=O)N[C@H](C(=O)N1C[C@@H](NC(=O)c2cc(N)cc(C(=O)N[C@H]3C[C@@H](C(=O)N[C@@H]4CCCc5ccccc54)N(C(=O)[C@@H](NC(=O)[C@H](C)N(C)C(=O)OC(C)(C)C)C(C)(C)C)C3)c2)C[C@H]1C(=O)N[C@@H]1CCCc2ccccc21)C(C)(C)C)N(C)C(=O)OC(C)(C)C. The van der Waals surface area contributed by atoms with Gasteiger partial charge in [0.2, 0.25) is 35.4 Å². The molecule has 0 saturated carbocycles. The highest BCUT2D eigenvalue weighted by Crippen LogP contribution is 2.34. The standard InChI is InChI=1S/C68H97N11O12/c1-38(76(15)63(88)90-67(9,10)11)55(80)74-53(65(3,4)5)61(86)78-36-45(34-51(78)59(84)72-49-29-21-25-40-23-17-19-27-47(40)49)70-57(82)42-31-43(33-44(69)32-42)58(83)71-46-35-52(60(85)73-50-30-22-26-41-24-18-20-28-48(41)50)79(37-46)62(87)54(66(6,7)8)75-56(81)39(2)77(16)64(89)91-68(12,13)14/h17-20,23-24,27-28,31-33,38-39,45-46,49-54H,21-22,25-26,29-30,34-37,69H2,1-16H3,(H,70,82)(H,71,83)(H,72,84)(H,73,85)(H,74,80)(H,75,81)/t38-,39-,45-,46-,49+,50+,51-,52-,53+,54+/m0/s1. The highest BCUT2D eigenvalue weighted by molar-refractivity contribution is 6.02. The molecule has 2 aliphatic carbocycles. The summed E-state index contributed by atoms with van der Waals surface area (Å²) < 4.78 is 11.0. The van der Waals surface area contributed by atoms with Crippen LogP contribution in [0.3, 0.4) is 0 Å². The van der Waals surface area contributed by atoms with Gasteiger partial charge in [0.15, 0.2) is 0 Å². The van der Waals surface area contributed by atoms with E-state index in [1.165, 1.54) is 55.9 Å². The molecule has 7 rings (SSSR count). The number of fused-ring (bicyclic) bond motifs is 2. The van der Waals surface area contributed by atoms with E-state index in [1.54, 1.807) is 83.1 Å². The number of amides is 10. The summed E-state index contributed by atoms with van der Waals surface area (Å²) in [6.07, 6.45) is 3.17. The maximum Gasteiger partial charge on any atom is 0.410 e. The molecule has 8 N–H and O–H groups in total. The van der Waals surface area contributed by atoms with Crippen LogP contribution in [-0.2, 0) is 51.1 Å². The second-order valence-electron chi connectivity index (χ2n) is 29.1. The largest absolute Gasteiger partial charge is 0.444 e. The fourth-order valence-corrected chi connectivity index (χ4v) is 12.2. The number of rotatable bonds is 16. The first-order valence-corrected chi connectivity index (χ1v) is 31.7. The third-order valence-corrected chi connectivity index (χ3v) is 17.4. The van der Waals surface area contributed by atoms with Gasteiger partial charge in [-0.05, 0) is 158 Å². The number of likely N-dealkylation sites (N-methyl/N-ethyl adjacent to an activating group) is 2. The number of nitrogens with one attached hydrogen (secondary N) is 6. The molecule has 0 unspecified atom stereocenters. The smallest absolute Gasteiger partial charge is 0.410 e. The molecule has 3 aromatic rings. The lowest BCUT2D eigenvalue weighted by atomic mass is 9.85. The monoisotopic (exact) mass is 1260 g/mol. The summed E-state index contributed by atoms with van der Waals surface area (Å²) in [5.74, 6) is -4.67. The summed E-state index contributed by atoms with van der Waals surface area (Å²) in [6.45, 7) is 23.6. The number of hydrogen-bond donors (Lipinski definition) is 7. The van der Waals surface area contributed by atoms with Gasteiger partial charge < -0.3 is 56.9 Å². The van der Waals surface area contributed by atoms with Gasteiger partial charge in [-0.1, -0.05) is 90.1 Å². The number of likely N-dealkylation sites (tertiary alicyclic amines) is 2. The van der Waals surface area contributed by atoms with Crippen LogP contribution in [0, 0.1) is 10.8 Å². The molecule has 3 aromatic carbocycles. The minimum atomic E-state index is -1.21. The number of ether oxygens (including phenoxy) is 2. The number of benzene rings is 3. The van der Waals surface area contributed by atoms with Gasteiger partial charge in [0, 0.05) is 56.1 Å². The van der Waals surface area contributed by atoms with Crippen LogP contribution in [0.2, 0.25) is 0 Å². The Bertz CT molecular complexity index is 3040. The molecule has 2 saturated heterocycles. The van der Waals surface area contributed by atoms with E-state index in [1.807, 2.05) is 48.5 Å². The fourth-order valence-electron chi connectivity index (χ4n) is 12.2. The molecule has 10 atom stereocenters. The van der Waals surface area contributed by atoms with E-state index < -0.39 is 130 Å². The predicted octanol–water partition coefficient (Wildman–Crippen LogP) is 6.63. The summed E-state index contributed by atoms with van der Waals surface area (Å²) in [7, 11) is 2.85. The first-order valence-electron chi connectivity index (χ1n) is 31.7. The van der Waals surface area contributed by atoms with Gasteiger partial charge in [0.1, 0.15) is 47.5 Å². The van der Waals surface area contributed by atoms with Crippen molar-refractivity contribution in [2.75, 3.05) is 32.9 Å². The van der Waals surface area contributed by atoms with Gasteiger partial charge in [-0.2, -0.15) is 0 Å². The van der Waals surface area contributed by atoms with E-state index in [-0.39, 0.29) is 54.8 Å². The van der Waals surface area contributed by atoms with Crippen LogP contribution in [0.4, 0.5) is 15.3 Å². The van der Waals surface area contributed by atoms with Crippen molar-refractivity contribution >= 4 is 65.1 Å². The van der Waals surface area contributed by atoms with Crippen molar-refractivity contribution in [3.8, 4) is 0 Å². The van der Waals surface area contributed by atoms with Crippen LogP contribution in [0.1, 0.15) is 191 Å². The molecule has 23 nitrogen and oxygen atoms in total. The Kier molecular flexibility index (Phi) is 21.7. The summed E-state index contributed by atoms with van der Waals surface area (Å²) >= 11 is 0. The van der Waals surface area contributed by atoms with Gasteiger partial charge in [-0.15, -0.1) is 0 Å². The Labute approximate surface area is 535 Å².